The largest absolute Gasteiger partial charge is 0.355 e. The highest BCUT2D eigenvalue weighted by Gasteiger charge is 2.02. The number of hydrogen-bond acceptors (Lipinski definition) is 2. The molecule has 2 N–H and O–H groups in total. The van der Waals surface area contributed by atoms with Gasteiger partial charge >= 0.3 is 0 Å². The van der Waals surface area contributed by atoms with E-state index in [9.17, 15) is 0 Å². The number of aromatic amines is 2. The van der Waals surface area contributed by atoms with Gasteiger partial charge in [0, 0.05) is 22.1 Å². The highest BCUT2D eigenvalue weighted by atomic mass is 35.5. The highest BCUT2D eigenvalue weighted by Crippen LogP contribution is 2.17. The molecule has 5 heterocycles. The minimum atomic E-state index is 0. The Morgan fingerprint density at radius 2 is 0.724 bits per heavy atom. The lowest BCUT2D eigenvalue weighted by atomic mass is 10.3. The monoisotopic (exact) mass is 490 g/mol. The fourth-order valence-corrected chi connectivity index (χ4v) is 2.94. The van der Waals surface area contributed by atoms with Crippen molar-refractivity contribution in [3.8, 4) is 0 Å². The normalized spacial score (nSPS) is 10.5. The first-order chi connectivity index (χ1) is 11.8. The molecule has 0 atom stereocenters. The Hall–Kier alpha value is -1.95. The summed E-state index contributed by atoms with van der Waals surface area (Å²) in [6, 6.07) is 16.4. The lowest BCUT2D eigenvalue weighted by Crippen LogP contribution is -1.77. The third-order valence-corrected chi connectivity index (χ3v) is 4.04. The maximum atomic E-state index is 4.62. The molecule has 5 rings (SSSR count). The molecule has 3 aromatic rings. The van der Waals surface area contributed by atoms with Gasteiger partial charge in [0.2, 0.25) is 0 Å². The van der Waals surface area contributed by atoms with Crippen LogP contribution >= 0.6 is 62.0 Å². The Morgan fingerprint density at radius 3 is 1.10 bits per heavy atom. The van der Waals surface area contributed by atoms with Crippen LogP contribution in [0, 0.1) is 0 Å². The predicted octanol–water partition coefficient (Wildman–Crippen LogP) is 6.76. The van der Waals surface area contributed by atoms with E-state index in [0.717, 1.165) is 44.8 Å². The quantitative estimate of drug-likeness (QED) is 0.251. The average Bonchev–Trinajstić information content (AvgIpc) is 3.32. The molecule has 0 amide bonds. The van der Waals surface area contributed by atoms with E-state index < -0.39 is 0 Å². The van der Waals surface area contributed by atoms with Gasteiger partial charge in [0.1, 0.15) is 0 Å². The van der Waals surface area contributed by atoms with Gasteiger partial charge in [-0.25, -0.2) is 9.97 Å². The number of nitrogens with one attached hydrogen (secondary N) is 2. The van der Waals surface area contributed by atoms with Gasteiger partial charge in [-0.3, -0.25) is 0 Å². The van der Waals surface area contributed by atoms with Crippen LogP contribution < -0.4 is 0 Å². The lowest BCUT2D eigenvalue weighted by Gasteiger charge is -1.86. The number of H-pyrrole nitrogens is 2. The Balaban J connectivity index is 0.00000157. The third kappa shape index (κ3) is 6.01. The van der Waals surface area contributed by atoms with Crippen molar-refractivity contribution < 1.29 is 0 Å². The first kappa shape index (κ1) is 27.0. The van der Waals surface area contributed by atoms with Crippen molar-refractivity contribution in [3.05, 3.63) is 71.3 Å². The van der Waals surface area contributed by atoms with Crippen molar-refractivity contribution in [2.45, 2.75) is 0 Å². The summed E-state index contributed by atoms with van der Waals surface area (Å²) in [4.78, 5) is 16.0. The molecule has 29 heavy (non-hydrogen) atoms. The van der Waals surface area contributed by atoms with Crippen LogP contribution in [0.4, 0.5) is 0 Å². The number of aromatic nitrogens is 4. The molecule has 0 aliphatic carbocycles. The average molecular weight is 493 g/mol. The highest BCUT2D eigenvalue weighted by molar-refractivity contribution is 5.86. The van der Waals surface area contributed by atoms with Gasteiger partial charge in [0.05, 0.1) is 22.8 Å². The number of hydrogen-bond donors (Lipinski definition) is 2. The fraction of sp³-hybridized carbons (Fsp3) is 0. The number of nitrogens with zero attached hydrogens (tertiary/aromatic N) is 2. The van der Waals surface area contributed by atoms with Crippen LogP contribution in [0.1, 0.15) is 22.8 Å². The van der Waals surface area contributed by atoms with E-state index in [1.54, 1.807) is 0 Å². The second-order valence-corrected chi connectivity index (χ2v) is 5.91. The van der Waals surface area contributed by atoms with Gasteiger partial charge < -0.3 is 9.97 Å². The van der Waals surface area contributed by atoms with Crippen molar-refractivity contribution in [1.82, 2.24) is 19.9 Å². The van der Waals surface area contributed by atoms with Crippen LogP contribution in [0.15, 0.2) is 48.5 Å². The Bertz CT molecular complexity index is 1090. The summed E-state index contributed by atoms with van der Waals surface area (Å²) in [5.41, 5.74) is 7.86. The summed E-state index contributed by atoms with van der Waals surface area (Å²) < 4.78 is 0. The third-order valence-electron chi connectivity index (χ3n) is 4.04. The van der Waals surface area contributed by atoms with Gasteiger partial charge in [-0.1, -0.05) is 0 Å². The van der Waals surface area contributed by atoms with E-state index in [2.05, 4.69) is 50.3 Å². The van der Waals surface area contributed by atoms with Crippen molar-refractivity contribution in [1.29, 1.82) is 0 Å². The molecule has 0 aromatic carbocycles. The molecular weight excluding hydrogens is 474 g/mol. The minimum absolute atomic E-state index is 0. The smallest absolute Gasteiger partial charge is 0.0659 e. The molecule has 4 nitrogen and oxygen atoms in total. The molecule has 0 unspecified atom stereocenters. The summed E-state index contributed by atoms with van der Waals surface area (Å²) in [7, 11) is 0. The maximum Gasteiger partial charge on any atom is 0.0659 e. The van der Waals surface area contributed by atoms with E-state index in [4.69, 9.17) is 0 Å². The second-order valence-electron chi connectivity index (χ2n) is 5.91. The molecule has 0 spiro atoms. The number of fused-ring (bicyclic) bond motifs is 8. The van der Waals surface area contributed by atoms with Crippen LogP contribution in [0.25, 0.3) is 46.4 Å². The summed E-state index contributed by atoms with van der Waals surface area (Å²) in [6.45, 7) is 0. The first-order valence-electron chi connectivity index (χ1n) is 7.85. The van der Waals surface area contributed by atoms with E-state index in [0.29, 0.717) is 0 Å². The van der Waals surface area contributed by atoms with Crippen molar-refractivity contribution in [2.75, 3.05) is 0 Å². The van der Waals surface area contributed by atoms with Crippen LogP contribution in [0.5, 0.6) is 0 Å². The fourth-order valence-electron chi connectivity index (χ4n) is 2.94. The Morgan fingerprint density at radius 1 is 0.414 bits per heavy atom. The van der Waals surface area contributed by atoms with Crippen molar-refractivity contribution in [3.63, 3.8) is 0 Å². The van der Waals surface area contributed by atoms with Gasteiger partial charge in [-0.05, 0) is 72.8 Å². The summed E-state index contributed by atoms with van der Waals surface area (Å²) in [5.74, 6) is 0. The summed E-state index contributed by atoms with van der Waals surface area (Å²) in [6.07, 6.45) is 8.05. The van der Waals surface area contributed by atoms with Gasteiger partial charge in [0.25, 0.3) is 0 Å². The molecule has 0 saturated carbocycles. The molecule has 9 heteroatoms. The topological polar surface area (TPSA) is 57.4 Å². The zero-order valence-electron chi connectivity index (χ0n) is 14.9. The van der Waals surface area contributed by atoms with Crippen molar-refractivity contribution in [2.24, 2.45) is 0 Å². The molecule has 3 aromatic heterocycles. The number of halogens is 5. The minimum Gasteiger partial charge on any atom is -0.355 e. The van der Waals surface area contributed by atoms with E-state index in [-0.39, 0.29) is 62.0 Å². The molecule has 0 fully saturated rings. The lowest BCUT2D eigenvalue weighted by molar-refractivity contribution is 1.28. The zero-order valence-corrected chi connectivity index (χ0v) is 18.9. The zero-order chi connectivity index (χ0) is 15.9. The summed E-state index contributed by atoms with van der Waals surface area (Å²) in [5, 5.41) is 0. The van der Waals surface area contributed by atoms with Crippen LogP contribution in [-0.4, -0.2) is 19.9 Å². The van der Waals surface area contributed by atoms with Crippen LogP contribution in [-0.2, 0) is 0 Å². The molecule has 2 aliphatic heterocycles. The first-order valence-corrected chi connectivity index (χ1v) is 7.85. The molecule has 154 valence electrons. The molecule has 0 saturated heterocycles. The Labute approximate surface area is 199 Å². The second kappa shape index (κ2) is 11.3. The molecular formula is C20H19Cl5N4. The molecule has 8 bridgehead atoms. The maximum absolute atomic E-state index is 4.62. The van der Waals surface area contributed by atoms with Crippen LogP contribution in [0.2, 0.25) is 0 Å². The molecule has 0 radical (unpaired) electrons. The molecule has 2 aliphatic rings. The van der Waals surface area contributed by atoms with E-state index in [1.807, 2.05) is 42.5 Å². The van der Waals surface area contributed by atoms with Crippen LogP contribution in [0.3, 0.4) is 0 Å². The van der Waals surface area contributed by atoms with E-state index in [1.165, 1.54) is 0 Å². The standard InChI is InChI=1S/C20H14N4.5ClH/c1-2-14-10-16-5-6-18(23-16)12-20-8-7-19(24-20)11-17-4-3-15(22-17)9-13(1)21-14;;;;;/h1-12,21-22H;5*1H. The Kier molecular flexibility index (Phi) is 10.5. The number of rotatable bonds is 0. The van der Waals surface area contributed by atoms with Gasteiger partial charge in [-0.15, -0.1) is 62.0 Å². The van der Waals surface area contributed by atoms with Gasteiger partial charge in [-0.2, -0.15) is 0 Å². The predicted molar refractivity (Wildman–Crippen MR) is 135 cm³/mol. The van der Waals surface area contributed by atoms with E-state index >= 15 is 0 Å². The van der Waals surface area contributed by atoms with Crippen molar-refractivity contribution >= 4 is 108 Å². The SMILES string of the molecule is C1=Cc2cc3ccc(cc4ccc(cc5nc(cc1n2)C=C5)[nH]4)[nH]3.Cl.Cl.Cl.Cl.Cl. The van der Waals surface area contributed by atoms with Gasteiger partial charge in [0.15, 0.2) is 0 Å². The summed E-state index contributed by atoms with van der Waals surface area (Å²) >= 11 is 0.